The molecule has 0 aliphatic rings. The summed E-state index contributed by atoms with van der Waals surface area (Å²) in [5, 5.41) is 6.00. The summed E-state index contributed by atoms with van der Waals surface area (Å²) in [7, 11) is 0. The van der Waals surface area contributed by atoms with Crippen LogP contribution in [-0.2, 0) is 14.4 Å². The highest BCUT2D eigenvalue weighted by Gasteiger charge is 2.01. The second-order valence-electron chi connectivity index (χ2n) is 2.63. The van der Waals surface area contributed by atoms with Crippen LogP contribution in [0.4, 0.5) is 0 Å². The first kappa shape index (κ1) is 15.4. The summed E-state index contributed by atoms with van der Waals surface area (Å²) in [6.45, 7) is 0. The summed E-state index contributed by atoms with van der Waals surface area (Å²) in [6, 6.07) is 9.31. The smallest absolute Gasteiger partial charge is 0.328 e. The van der Waals surface area contributed by atoms with Gasteiger partial charge in [0.05, 0.1) is 0 Å². The molecule has 17 heavy (non-hydrogen) atoms. The van der Waals surface area contributed by atoms with E-state index in [-0.39, 0.29) is 0 Å². The maximum absolute atomic E-state index is 10.1. The summed E-state index contributed by atoms with van der Waals surface area (Å²) in [5.74, 6) is -0.922. The van der Waals surface area contributed by atoms with E-state index >= 15 is 0 Å². The first-order valence-electron chi connectivity index (χ1n) is 4.29. The third-order valence-corrected chi connectivity index (χ3v) is 1.81. The van der Waals surface area contributed by atoms with Crippen LogP contribution in [-0.4, -0.2) is 21.6 Å². The molecule has 0 radical (unpaired) electrons. The van der Waals surface area contributed by atoms with Gasteiger partial charge < -0.3 is 5.11 Å². The molecule has 1 N–H and O–H groups in total. The number of aliphatic carboxylic acids is 1. The SMILES string of the molecule is O=C(Cl)C(=O)Cl.O=C(O)/C=C/c1ccccc1. The molecule has 0 unspecified atom stereocenters. The van der Waals surface area contributed by atoms with Gasteiger partial charge in [0.25, 0.3) is 0 Å². The van der Waals surface area contributed by atoms with Crippen LogP contribution in [0.5, 0.6) is 0 Å². The molecule has 0 bridgehead atoms. The molecule has 0 atom stereocenters. The number of benzene rings is 1. The average Bonchev–Trinajstić information content (AvgIpc) is 2.28. The van der Waals surface area contributed by atoms with Crippen LogP contribution in [0.15, 0.2) is 36.4 Å². The van der Waals surface area contributed by atoms with Gasteiger partial charge in [-0.2, -0.15) is 0 Å². The largest absolute Gasteiger partial charge is 0.478 e. The Bertz CT molecular complexity index is 414. The minimum Gasteiger partial charge on any atom is -0.478 e. The summed E-state index contributed by atoms with van der Waals surface area (Å²) in [6.07, 6.45) is 2.68. The van der Waals surface area contributed by atoms with E-state index in [1.807, 2.05) is 30.3 Å². The minimum absolute atomic E-state index is 0.898. The molecule has 1 aromatic carbocycles. The Morgan fingerprint density at radius 1 is 1.00 bits per heavy atom. The van der Waals surface area contributed by atoms with Gasteiger partial charge in [-0.3, -0.25) is 9.59 Å². The molecule has 0 spiro atoms. The van der Waals surface area contributed by atoms with Crippen molar-refractivity contribution >= 4 is 45.7 Å². The highest BCUT2D eigenvalue weighted by molar-refractivity contribution is 6.97. The first-order chi connectivity index (χ1) is 7.93. The van der Waals surface area contributed by atoms with E-state index in [9.17, 15) is 14.4 Å². The number of hydrogen-bond donors (Lipinski definition) is 1. The van der Waals surface area contributed by atoms with Crippen molar-refractivity contribution in [3.05, 3.63) is 42.0 Å². The quantitative estimate of drug-likeness (QED) is 0.522. The van der Waals surface area contributed by atoms with Crippen molar-refractivity contribution in [2.75, 3.05) is 0 Å². The van der Waals surface area contributed by atoms with Crippen LogP contribution in [0, 0.1) is 0 Å². The molecule has 6 heteroatoms. The van der Waals surface area contributed by atoms with Crippen LogP contribution in [0.2, 0.25) is 0 Å². The monoisotopic (exact) mass is 274 g/mol. The van der Waals surface area contributed by atoms with Gasteiger partial charge in [-0.25, -0.2) is 4.79 Å². The summed E-state index contributed by atoms with van der Waals surface area (Å²) in [4.78, 5) is 28.9. The molecule has 0 saturated heterocycles. The summed E-state index contributed by atoms with van der Waals surface area (Å²) < 4.78 is 0. The standard InChI is InChI=1S/C9H8O2.C2Cl2O2/c10-9(11)7-6-8-4-2-1-3-5-8;3-1(5)2(4)6/h1-7H,(H,10,11);/b7-6+;. The van der Waals surface area contributed by atoms with Gasteiger partial charge >= 0.3 is 16.5 Å². The molecule has 0 saturated carbocycles. The van der Waals surface area contributed by atoms with Crippen molar-refractivity contribution in [1.29, 1.82) is 0 Å². The van der Waals surface area contributed by atoms with Crippen molar-refractivity contribution in [2.24, 2.45) is 0 Å². The van der Waals surface area contributed by atoms with E-state index in [1.54, 1.807) is 6.08 Å². The summed E-state index contributed by atoms with van der Waals surface area (Å²) >= 11 is 8.98. The molecule has 1 rings (SSSR count). The highest BCUT2D eigenvalue weighted by atomic mass is 35.5. The lowest BCUT2D eigenvalue weighted by molar-refractivity contribution is -0.131. The second kappa shape index (κ2) is 8.50. The van der Waals surface area contributed by atoms with Crippen molar-refractivity contribution in [3.63, 3.8) is 0 Å². The average molecular weight is 275 g/mol. The zero-order chi connectivity index (χ0) is 13.3. The molecule has 1 aromatic rings. The maximum Gasteiger partial charge on any atom is 0.328 e. The Morgan fingerprint density at radius 2 is 1.47 bits per heavy atom. The van der Waals surface area contributed by atoms with Crippen LogP contribution >= 0.6 is 23.2 Å². The fourth-order valence-corrected chi connectivity index (χ4v) is 0.732. The molecule has 0 heterocycles. The van der Waals surface area contributed by atoms with E-state index < -0.39 is 16.5 Å². The van der Waals surface area contributed by atoms with Gasteiger partial charge in [-0.15, -0.1) is 0 Å². The third kappa shape index (κ3) is 9.29. The van der Waals surface area contributed by atoms with E-state index in [0.29, 0.717) is 0 Å². The van der Waals surface area contributed by atoms with E-state index in [2.05, 4.69) is 23.2 Å². The Labute approximate surface area is 107 Å². The normalized spacial score (nSPS) is 9.29. The molecular weight excluding hydrogens is 267 g/mol. The number of carbonyl (C=O) groups excluding carboxylic acids is 2. The molecule has 0 aromatic heterocycles. The lowest BCUT2D eigenvalue weighted by Gasteiger charge is -1.87. The summed E-state index contributed by atoms with van der Waals surface area (Å²) in [5.41, 5.74) is 0.898. The molecule has 0 fully saturated rings. The van der Waals surface area contributed by atoms with E-state index in [0.717, 1.165) is 11.6 Å². The van der Waals surface area contributed by atoms with Crippen molar-refractivity contribution in [2.45, 2.75) is 0 Å². The fraction of sp³-hybridized carbons (Fsp3) is 0. The lowest BCUT2D eigenvalue weighted by Crippen LogP contribution is -1.94. The maximum atomic E-state index is 10.1. The van der Waals surface area contributed by atoms with Gasteiger partial charge in [0.2, 0.25) is 0 Å². The van der Waals surface area contributed by atoms with Gasteiger partial charge in [-0.1, -0.05) is 30.3 Å². The third-order valence-electron chi connectivity index (χ3n) is 1.37. The topological polar surface area (TPSA) is 71.4 Å². The van der Waals surface area contributed by atoms with Crippen molar-refractivity contribution < 1.29 is 19.5 Å². The molecule has 0 aliphatic carbocycles. The van der Waals surface area contributed by atoms with E-state index in [1.165, 1.54) is 0 Å². The molecule has 4 nitrogen and oxygen atoms in total. The zero-order valence-corrected chi connectivity index (χ0v) is 9.98. The molecular formula is C11H8Cl2O4. The molecule has 90 valence electrons. The van der Waals surface area contributed by atoms with Crippen LogP contribution in [0.1, 0.15) is 5.56 Å². The van der Waals surface area contributed by atoms with Gasteiger partial charge in [0, 0.05) is 6.08 Å². The van der Waals surface area contributed by atoms with Crippen LogP contribution in [0.3, 0.4) is 0 Å². The van der Waals surface area contributed by atoms with Crippen LogP contribution < -0.4 is 0 Å². The predicted octanol–water partition coefficient (Wildman–Crippen LogP) is 2.30. The number of hydrogen-bond acceptors (Lipinski definition) is 3. The number of carboxylic acids is 1. The predicted molar refractivity (Wildman–Crippen MR) is 64.8 cm³/mol. The Balaban J connectivity index is 0.000000366. The zero-order valence-electron chi connectivity index (χ0n) is 8.47. The van der Waals surface area contributed by atoms with Crippen molar-refractivity contribution in [1.82, 2.24) is 0 Å². The number of rotatable bonds is 3. The van der Waals surface area contributed by atoms with Gasteiger partial charge in [-0.05, 0) is 34.8 Å². The number of carbonyl (C=O) groups is 3. The minimum atomic E-state index is -1.14. The molecule has 0 aliphatic heterocycles. The van der Waals surface area contributed by atoms with Crippen molar-refractivity contribution in [3.8, 4) is 0 Å². The van der Waals surface area contributed by atoms with Crippen LogP contribution in [0.25, 0.3) is 6.08 Å². The Morgan fingerprint density at radius 3 is 1.82 bits per heavy atom. The number of carboxylic acid groups (broad SMARTS) is 1. The second-order valence-corrected chi connectivity index (χ2v) is 3.32. The Hall–Kier alpha value is -1.65. The fourth-order valence-electron chi connectivity index (χ4n) is 0.732. The first-order valence-corrected chi connectivity index (χ1v) is 5.04. The lowest BCUT2D eigenvalue weighted by atomic mass is 10.2. The Kier molecular flexibility index (Phi) is 7.67. The van der Waals surface area contributed by atoms with E-state index in [4.69, 9.17) is 5.11 Å². The molecule has 0 amide bonds. The number of halogens is 2. The highest BCUT2D eigenvalue weighted by Crippen LogP contribution is 1.99. The van der Waals surface area contributed by atoms with Gasteiger partial charge in [0.1, 0.15) is 0 Å². The van der Waals surface area contributed by atoms with Gasteiger partial charge in [0.15, 0.2) is 0 Å².